The minimum Gasteiger partial charge on any atom is -0.495 e. The number of nitrogens with one attached hydrogen (secondary N) is 1. The first-order valence-electron chi connectivity index (χ1n) is 8.75. The van der Waals surface area contributed by atoms with Crippen LogP contribution < -0.4 is 10.1 Å². The molecule has 1 N–H and O–H groups in total. The number of carbonyl (C=O) groups excluding carboxylic acids is 1. The fourth-order valence-corrected chi connectivity index (χ4v) is 3.92. The Labute approximate surface area is 169 Å². The summed E-state index contributed by atoms with van der Waals surface area (Å²) in [6.45, 7) is 3.41. The zero-order valence-corrected chi connectivity index (χ0v) is 17.4. The van der Waals surface area contributed by atoms with Crippen molar-refractivity contribution < 1.29 is 22.9 Å². The number of ether oxygens (including phenoxy) is 1. The third-order valence-electron chi connectivity index (χ3n) is 4.25. The maximum atomic E-state index is 13.0. The largest absolute Gasteiger partial charge is 0.495 e. The number of nitrogens with zero attached hydrogens (tertiary/aromatic N) is 2. The molecule has 2 rings (SSSR count). The number of hydrogen-bond donors (Lipinski definition) is 1. The van der Waals surface area contributed by atoms with Crippen LogP contribution in [0.4, 0.5) is 11.4 Å². The van der Waals surface area contributed by atoms with Crippen LogP contribution in [0.3, 0.4) is 0 Å². The summed E-state index contributed by atoms with van der Waals surface area (Å²) >= 11 is 0. The van der Waals surface area contributed by atoms with Gasteiger partial charge in [0, 0.05) is 24.9 Å². The minimum atomic E-state index is -4.01. The number of non-ortho nitro benzene ring substituents is 1. The van der Waals surface area contributed by atoms with Crippen LogP contribution in [-0.4, -0.2) is 44.3 Å². The van der Waals surface area contributed by atoms with Gasteiger partial charge in [-0.15, -0.1) is 0 Å². The lowest BCUT2D eigenvalue weighted by Gasteiger charge is -2.20. The molecule has 1 amide bonds. The molecule has 0 aromatic heterocycles. The number of amides is 1. The first kappa shape index (κ1) is 22.3. The lowest BCUT2D eigenvalue weighted by molar-refractivity contribution is -0.384. The highest BCUT2D eigenvalue weighted by molar-refractivity contribution is 7.89. The zero-order chi connectivity index (χ0) is 21.8. The predicted octanol–water partition coefficient (Wildman–Crippen LogP) is 2.99. The quantitative estimate of drug-likeness (QED) is 0.517. The van der Waals surface area contributed by atoms with E-state index in [9.17, 15) is 23.3 Å². The van der Waals surface area contributed by atoms with Gasteiger partial charge >= 0.3 is 0 Å². The van der Waals surface area contributed by atoms with Gasteiger partial charge in [-0.25, -0.2) is 8.42 Å². The van der Waals surface area contributed by atoms with Gasteiger partial charge in [0.1, 0.15) is 10.6 Å². The van der Waals surface area contributed by atoms with Gasteiger partial charge in [-0.2, -0.15) is 4.31 Å². The summed E-state index contributed by atoms with van der Waals surface area (Å²) in [5.74, 6) is -0.340. The number of likely N-dealkylation sites (N-methyl/N-ethyl adjacent to an activating group) is 1. The van der Waals surface area contributed by atoms with Crippen LogP contribution in [0.1, 0.15) is 25.3 Å². The maximum Gasteiger partial charge on any atom is 0.271 e. The van der Waals surface area contributed by atoms with E-state index in [1.165, 1.54) is 44.5 Å². The van der Waals surface area contributed by atoms with E-state index in [-0.39, 0.29) is 27.9 Å². The van der Waals surface area contributed by atoms with E-state index in [0.717, 1.165) is 9.87 Å². The SMILES string of the molecule is COc1ccc(C(C)C)cc1S(=O)(=O)N(C)CC(=O)Nc1cccc([N+](=O)[O-])c1. The van der Waals surface area contributed by atoms with Crippen molar-refractivity contribution >= 4 is 27.3 Å². The number of rotatable bonds is 8. The molecule has 0 unspecified atom stereocenters. The highest BCUT2D eigenvalue weighted by atomic mass is 32.2. The lowest BCUT2D eigenvalue weighted by Crippen LogP contribution is -2.35. The van der Waals surface area contributed by atoms with Crippen molar-refractivity contribution in [3.8, 4) is 5.75 Å². The van der Waals surface area contributed by atoms with Crippen LogP contribution in [0, 0.1) is 10.1 Å². The average Bonchev–Trinajstić information content (AvgIpc) is 2.67. The smallest absolute Gasteiger partial charge is 0.271 e. The summed E-state index contributed by atoms with van der Waals surface area (Å²) in [4.78, 5) is 22.5. The molecule has 0 saturated carbocycles. The van der Waals surface area contributed by atoms with Gasteiger partial charge in [0.15, 0.2) is 0 Å². The van der Waals surface area contributed by atoms with Crippen molar-refractivity contribution in [2.45, 2.75) is 24.7 Å². The molecule has 0 bridgehead atoms. The normalized spacial score (nSPS) is 11.5. The van der Waals surface area contributed by atoms with Crippen LogP contribution in [0.25, 0.3) is 0 Å². The number of carbonyl (C=O) groups is 1. The van der Waals surface area contributed by atoms with Gasteiger partial charge in [0.05, 0.1) is 18.6 Å². The van der Waals surface area contributed by atoms with Gasteiger partial charge in [0.25, 0.3) is 5.69 Å². The summed E-state index contributed by atoms with van der Waals surface area (Å²) in [5, 5.41) is 13.3. The van der Waals surface area contributed by atoms with Gasteiger partial charge in [-0.3, -0.25) is 14.9 Å². The van der Waals surface area contributed by atoms with Crippen molar-refractivity contribution in [3.63, 3.8) is 0 Å². The van der Waals surface area contributed by atoms with Gasteiger partial charge in [-0.05, 0) is 29.7 Å². The van der Waals surface area contributed by atoms with Gasteiger partial charge in [0.2, 0.25) is 15.9 Å². The van der Waals surface area contributed by atoms with Crippen LogP contribution in [0.5, 0.6) is 5.75 Å². The van der Waals surface area contributed by atoms with Crippen LogP contribution in [0.15, 0.2) is 47.4 Å². The van der Waals surface area contributed by atoms with E-state index in [2.05, 4.69) is 5.32 Å². The first-order valence-corrected chi connectivity index (χ1v) is 10.2. The van der Waals surface area contributed by atoms with E-state index in [1.807, 2.05) is 13.8 Å². The molecule has 0 radical (unpaired) electrons. The molecular weight excluding hydrogens is 398 g/mol. The molecule has 0 atom stereocenters. The van der Waals surface area contributed by atoms with Crippen molar-refractivity contribution in [2.24, 2.45) is 0 Å². The Balaban J connectivity index is 2.22. The standard InChI is InChI=1S/C19H23N3O6S/c1-13(2)14-8-9-17(28-4)18(10-14)29(26,27)21(3)12-19(23)20-15-6-5-7-16(11-15)22(24)25/h5-11,13H,12H2,1-4H3,(H,20,23). The van der Waals surface area contributed by atoms with Crippen LogP contribution >= 0.6 is 0 Å². The highest BCUT2D eigenvalue weighted by Crippen LogP contribution is 2.30. The number of hydrogen-bond acceptors (Lipinski definition) is 6. The molecule has 0 saturated heterocycles. The zero-order valence-electron chi connectivity index (χ0n) is 16.6. The number of sulfonamides is 1. The number of anilines is 1. The average molecular weight is 421 g/mol. The number of nitro groups is 1. The van der Waals surface area contributed by atoms with Crippen LogP contribution in [0.2, 0.25) is 0 Å². The van der Waals surface area contributed by atoms with E-state index < -0.39 is 27.4 Å². The Kier molecular flexibility index (Phi) is 6.93. The summed E-state index contributed by atoms with van der Waals surface area (Å²) in [7, 11) is -1.35. The monoisotopic (exact) mass is 421 g/mol. The molecule has 29 heavy (non-hydrogen) atoms. The Bertz CT molecular complexity index is 1020. The van der Waals surface area contributed by atoms with E-state index in [1.54, 1.807) is 12.1 Å². The Morgan fingerprint density at radius 2 is 1.93 bits per heavy atom. The Morgan fingerprint density at radius 1 is 1.24 bits per heavy atom. The van der Waals surface area contributed by atoms with Crippen molar-refractivity contribution in [2.75, 3.05) is 26.0 Å². The van der Waals surface area contributed by atoms with Crippen LogP contribution in [-0.2, 0) is 14.8 Å². The minimum absolute atomic E-state index is 0.0307. The molecule has 2 aromatic carbocycles. The third-order valence-corrected chi connectivity index (χ3v) is 6.07. The number of methoxy groups -OCH3 is 1. The van der Waals surface area contributed by atoms with Gasteiger partial charge in [-0.1, -0.05) is 26.0 Å². The molecular formula is C19H23N3O6S. The summed E-state index contributed by atoms with van der Waals surface area (Å²) in [6, 6.07) is 10.3. The number of benzene rings is 2. The van der Waals surface area contributed by atoms with E-state index >= 15 is 0 Å². The fraction of sp³-hybridized carbons (Fsp3) is 0.316. The van der Waals surface area contributed by atoms with Gasteiger partial charge < -0.3 is 10.1 Å². The maximum absolute atomic E-state index is 13.0. The summed E-state index contributed by atoms with van der Waals surface area (Å²) in [5.41, 5.74) is 0.840. The Hall–Kier alpha value is -2.98. The molecule has 0 aliphatic rings. The second-order valence-corrected chi connectivity index (χ2v) is 8.69. The molecule has 0 spiro atoms. The molecule has 0 aliphatic carbocycles. The number of nitro benzene ring substituents is 1. The Morgan fingerprint density at radius 3 is 2.52 bits per heavy atom. The van der Waals surface area contributed by atoms with Crippen molar-refractivity contribution in [3.05, 3.63) is 58.1 Å². The summed E-state index contributed by atoms with van der Waals surface area (Å²) in [6.07, 6.45) is 0. The fourth-order valence-electron chi connectivity index (χ4n) is 2.61. The summed E-state index contributed by atoms with van der Waals surface area (Å²) < 4.78 is 32.1. The van der Waals surface area contributed by atoms with E-state index in [4.69, 9.17) is 4.74 Å². The van der Waals surface area contributed by atoms with E-state index in [0.29, 0.717) is 0 Å². The second kappa shape index (κ2) is 9.01. The molecule has 0 aliphatic heterocycles. The lowest BCUT2D eigenvalue weighted by atomic mass is 10.0. The first-order chi connectivity index (χ1) is 13.6. The van der Waals surface area contributed by atoms with Crippen molar-refractivity contribution in [1.29, 1.82) is 0 Å². The molecule has 9 nitrogen and oxygen atoms in total. The molecule has 0 heterocycles. The molecule has 2 aromatic rings. The topological polar surface area (TPSA) is 119 Å². The van der Waals surface area contributed by atoms with Crippen molar-refractivity contribution in [1.82, 2.24) is 4.31 Å². The molecule has 156 valence electrons. The second-order valence-electron chi connectivity index (χ2n) is 6.68. The third kappa shape index (κ3) is 5.30. The predicted molar refractivity (Wildman–Crippen MR) is 109 cm³/mol. The molecule has 0 fully saturated rings. The molecule has 10 heteroatoms. The highest BCUT2D eigenvalue weighted by Gasteiger charge is 2.27.